The van der Waals surface area contributed by atoms with Crippen molar-refractivity contribution in [2.24, 2.45) is 0 Å². The summed E-state index contributed by atoms with van der Waals surface area (Å²) < 4.78 is 13.6. The molecule has 0 atom stereocenters. The van der Waals surface area contributed by atoms with E-state index in [1.807, 2.05) is 0 Å². The second kappa shape index (κ2) is 4.13. The molecule has 0 amide bonds. The lowest BCUT2D eigenvalue weighted by atomic mass is 10.1. The van der Waals surface area contributed by atoms with Crippen LogP contribution in [0.2, 0.25) is 0 Å². The van der Waals surface area contributed by atoms with Crippen LogP contribution >= 0.6 is 15.9 Å². The van der Waals surface area contributed by atoms with Crippen molar-refractivity contribution in [1.29, 1.82) is 0 Å². The fourth-order valence-corrected chi connectivity index (χ4v) is 1.25. The molecule has 1 aromatic rings. The van der Waals surface area contributed by atoms with Gasteiger partial charge in [0.1, 0.15) is 11.4 Å². The molecular weight excluding hydrogens is 255 g/mol. The third kappa shape index (κ3) is 2.04. The van der Waals surface area contributed by atoms with E-state index < -0.39 is 17.5 Å². The summed E-state index contributed by atoms with van der Waals surface area (Å²) in [6.45, 7) is 0. The van der Waals surface area contributed by atoms with Crippen molar-refractivity contribution in [2.45, 2.75) is 0 Å². The summed E-state index contributed by atoms with van der Waals surface area (Å²) in [6.07, 6.45) is 0. The standard InChI is InChI=1S/C8H4BrFN2O2/c9-4-1-2-6(10)5(3-4)7(12-11)8(13)14/h1-3H,(H,13,14). The minimum Gasteiger partial charge on any atom is -0.472 e. The largest absolute Gasteiger partial charge is 0.472 e. The van der Waals surface area contributed by atoms with Crippen LogP contribution in [-0.4, -0.2) is 21.6 Å². The molecule has 0 saturated heterocycles. The predicted octanol–water partition coefficient (Wildman–Crippen LogP) is 1.69. The second-order valence-corrected chi connectivity index (χ2v) is 3.29. The minimum absolute atomic E-state index is 0.269. The summed E-state index contributed by atoms with van der Waals surface area (Å²) >= 11 is 3.05. The van der Waals surface area contributed by atoms with E-state index in [1.54, 1.807) is 0 Å². The van der Waals surface area contributed by atoms with Gasteiger partial charge in [-0.05, 0) is 18.2 Å². The summed E-state index contributed by atoms with van der Waals surface area (Å²) in [5.41, 5.74) is 7.39. The third-order valence-electron chi connectivity index (χ3n) is 1.49. The Bertz CT molecular complexity index is 441. The van der Waals surface area contributed by atoms with E-state index in [0.717, 1.165) is 6.07 Å². The fourth-order valence-electron chi connectivity index (χ4n) is 0.891. The molecule has 0 bridgehead atoms. The van der Waals surface area contributed by atoms with Gasteiger partial charge in [0.2, 0.25) is 0 Å². The molecule has 0 heterocycles. The van der Waals surface area contributed by atoms with Crippen LogP contribution in [0.4, 0.5) is 4.39 Å². The zero-order chi connectivity index (χ0) is 10.7. The third-order valence-corrected chi connectivity index (χ3v) is 1.98. The molecule has 0 saturated carbocycles. The van der Waals surface area contributed by atoms with Crippen molar-refractivity contribution >= 4 is 27.6 Å². The SMILES string of the molecule is [N-]=[N+]=C(C(=O)O)c1cc(Br)ccc1F. The van der Waals surface area contributed by atoms with Crippen molar-refractivity contribution in [3.8, 4) is 0 Å². The molecular formula is C8H4BrFN2O2. The highest BCUT2D eigenvalue weighted by molar-refractivity contribution is 9.10. The number of hydrogen-bond acceptors (Lipinski definition) is 1. The van der Waals surface area contributed by atoms with Crippen LogP contribution in [0.25, 0.3) is 5.53 Å². The van der Waals surface area contributed by atoms with E-state index in [-0.39, 0.29) is 5.56 Å². The maximum Gasteiger partial charge on any atom is 0.419 e. The predicted molar refractivity (Wildman–Crippen MR) is 49.5 cm³/mol. The van der Waals surface area contributed by atoms with Crippen LogP contribution in [0, 0.1) is 5.82 Å². The van der Waals surface area contributed by atoms with Crippen LogP contribution < -0.4 is 0 Å². The van der Waals surface area contributed by atoms with Crippen LogP contribution in [-0.2, 0) is 4.79 Å². The molecule has 72 valence electrons. The first kappa shape index (κ1) is 10.6. The molecule has 4 nitrogen and oxygen atoms in total. The first-order valence-electron chi connectivity index (χ1n) is 3.47. The summed E-state index contributed by atoms with van der Waals surface area (Å²) in [5.74, 6) is -2.26. The van der Waals surface area contributed by atoms with E-state index >= 15 is 0 Å². The lowest BCUT2D eigenvalue weighted by Crippen LogP contribution is -2.17. The molecule has 0 aromatic heterocycles. The molecule has 1 N–H and O–H groups in total. The Morgan fingerprint density at radius 1 is 1.57 bits per heavy atom. The molecule has 1 rings (SSSR count). The highest BCUT2D eigenvalue weighted by Gasteiger charge is 2.25. The number of benzene rings is 1. The van der Waals surface area contributed by atoms with Crippen molar-refractivity contribution in [2.75, 3.05) is 0 Å². The molecule has 0 aliphatic rings. The average molecular weight is 259 g/mol. The van der Waals surface area contributed by atoms with Gasteiger partial charge < -0.3 is 10.6 Å². The Balaban J connectivity index is 3.37. The van der Waals surface area contributed by atoms with Crippen molar-refractivity contribution in [3.63, 3.8) is 0 Å². The molecule has 0 aliphatic heterocycles. The van der Waals surface area contributed by atoms with Gasteiger partial charge in [0.25, 0.3) is 0 Å². The fraction of sp³-hybridized carbons (Fsp3) is 0. The van der Waals surface area contributed by atoms with Gasteiger partial charge in [-0.2, -0.15) is 4.79 Å². The molecule has 0 unspecified atom stereocenters. The van der Waals surface area contributed by atoms with E-state index in [4.69, 9.17) is 10.6 Å². The smallest absolute Gasteiger partial charge is 0.419 e. The van der Waals surface area contributed by atoms with Crippen molar-refractivity contribution < 1.29 is 19.1 Å². The number of carboxylic acids is 1. The van der Waals surface area contributed by atoms with E-state index in [1.165, 1.54) is 12.1 Å². The van der Waals surface area contributed by atoms with Crippen molar-refractivity contribution in [1.82, 2.24) is 0 Å². The Morgan fingerprint density at radius 3 is 2.71 bits per heavy atom. The number of halogens is 2. The zero-order valence-electron chi connectivity index (χ0n) is 6.74. The topological polar surface area (TPSA) is 73.7 Å². The van der Waals surface area contributed by atoms with Gasteiger partial charge in [-0.25, -0.2) is 9.18 Å². The summed E-state index contributed by atoms with van der Waals surface area (Å²) in [7, 11) is 0. The molecule has 14 heavy (non-hydrogen) atoms. The maximum atomic E-state index is 13.1. The van der Waals surface area contributed by atoms with Gasteiger partial charge in [-0.1, -0.05) is 15.9 Å². The van der Waals surface area contributed by atoms with E-state index in [9.17, 15) is 9.18 Å². The first-order chi connectivity index (χ1) is 6.56. The zero-order valence-corrected chi connectivity index (χ0v) is 8.32. The molecule has 1 aromatic carbocycles. The lowest BCUT2D eigenvalue weighted by Gasteiger charge is -1.95. The lowest BCUT2D eigenvalue weighted by molar-refractivity contribution is -0.133. The number of aliphatic carboxylic acids is 1. The first-order valence-corrected chi connectivity index (χ1v) is 4.26. The van der Waals surface area contributed by atoms with Gasteiger partial charge in [-0.3, -0.25) is 0 Å². The monoisotopic (exact) mass is 258 g/mol. The van der Waals surface area contributed by atoms with Crippen LogP contribution in [0.5, 0.6) is 0 Å². The Kier molecular flexibility index (Phi) is 3.11. The highest BCUT2D eigenvalue weighted by atomic mass is 79.9. The average Bonchev–Trinajstić information content (AvgIpc) is 2.11. The van der Waals surface area contributed by atoms with Crippen LogP contribution in [0.1, 0.15) is 5.56 Å². The summed E-state index contributed by atoms with van der Waals surface area (Å²) in [5, 5.41) is 8.57. The van der Waals surface area contributed by atoms with E-state index in [2.05, 4.69) is 20.7 Å². The maximum absolute atomic E-state index is 13.1. The molecule has 0 spiro atoms. The van der Waals surface area contributed by atoms with Gasteiger partial charge >= 0.3 is 11.7 Å². The quantitative estimate of drug-likeness (QED) is 0.498. The summed E-state index contributed by atoms with van der Waals surface area (Å²) in [4.78, 5) is 13.0. The summed E-state index contributed by atoms with van der Waals surface area (Å²) in [6, 6.07) is 3.71. The number of nitrogens with zero attached hydrogens (tertiary/aromatic N) is 2. The van der Waals surface area contributed by atoms with Crippen molar-refractivity contribution in [3.05, 3.63) is 39.6 Å². The van der Waals surface area contributed by atoms with Crippen LogP contribution in [0.3, 0.4) is 0 Å². The normalized spacial score (nSPS) is 9.29. The van der Waals surface area contributed by atoms with Gasteiger partial charge in [0, 0.05) is 4.47 Å². The molecule has 0 aliphatic carbocycles. The molecule has 6 heteroatoms. The molecule has 0 fully saturated rings. The van der Waals surface area contributed by atoms with E-state index in [0.29, 0.717) is 4.47 Å². The minimum atomic E-state index is -1.50. The van der Waals surface area contributed by atoms with Crippen LogP contribution in [0.15, 0.2) is 22.7 Å². The second-order valence-electron chi connectivity index (χ2n) is 2.38. The number of carbonyl (C=O) groups is 1. The number of carboxylic acid groups (broad SMARTS) is 1. The number of rotatable bonds is 2. The number of hydrogen-bond donors (Lipinski definition) is 1. The van der Waals surface area contributed by atoms with Gasteiger partial charge in [0.05, 0.1) is 0 Å². The Labute approximate surface area is 86.7 Å². The Morgan fingerprint density at radius 2 is 2.21 bits per heavy atom. The highest BCUT2D eigenvalue weighted by Crippen LogP contribution is 2.15. The van der Waals surface area contributed by atoms with Gasteiger partial charge in [-0.15, -0.1) is 0 Å². The Hall–Kier alpha value is -1.52. The van der Waals surface area contributed by atoms with Gasteiger partial charge in [0.15, 0.2) is 0 Å². The molecule has 0 radical (unpaired) electrons.